The lowest BCUT2D eigenvalue weighted by Gasteiger charge is -2.16. The van der Waals surface area contributed by atoms with Crippen LogP contribution in [-0.4, -0.2) is 28.0 Å². The van der Waals surface area contributed by atoms with Gasteiger partial charge in [-0.2, -0.15) is 5.26 Å². The zero-order chi connectivity index (χ0) is 15.3. The van der Waals surface area contributed by atoms with Crippen LogP contribution in [0.4, 0.5) is 0 Å². The highest BCUT2D eigenvalue weighted by molar-refractivity contribution is 5.95. The van der Waals surface area contributed by atoms with Crippen LogP contribution in [0.5, 0.6) is 0 Å². The molecule has 0 saturated heterocycles. The van der Waals surface area contributed by atoms with Gasteiger partial charge in [0.05, 0.1) is 11.3 Å². The molecular formula is C14H17N3O3. The van der Waals surface area contributed by atoms with Gasteiger partial charge in [-0.05, 0) is 31.4 Å². The van der Waals surface area contributed by atoms with E-state index in [4.69, 9.17) is 10.4 Å². The summed E-state index contributed by atoms with van der Waals surface area (Å²) < 4.78 is 0. The lowest BCUT2D eigenvalue weighted by molar-refractivity contribution is -0.139. The third kappa shape index (κ3) is 4.05. The number of hydrogen-bond donors (Lipinski definition) is 2. The summed E-state index contributed by atoms with van der Waals surface area (Å²) in [6, 6.07) is 3.92. The Labute approximate surface area is 117 Å². The van der Waals surface area contributed by atoms with Gasteiger partial charge < -0.3 is 10.4 Å². The number of hydrogen-bond acceptors (Lipinski definition) is 4. The van der Waals surface area contributed by atoms with E-state index in [1.807, 2.05) is 19.9 Å². The number of carboxylic acids is 1. The van der Waals surface area contributed by atoms with Crippen LogP contribution < -0.4 is 5.32 Å². The molecule has 106 valence electrons. The van der Waals surface area contributed by atoms with Gasteiger partial charge in [-0.15, -0.1) is 0 Å². The predicted molar refractivity (Wildman–Crippen MR) is 72.0 cm³/mol. The van der Waals surface area contributed by atoms with Gasteiger partial charge in [0.25, 0.3) is 5.91 Å². The number of rotatable bonds is 5. The molecule has 0 radical (unpaired) electrons. The van der Waals surface area contributed by atoms with Gasteiger partial charge in [0, 0.05) is 0 Å². The number of nitrogens with one attached hydrogen (secondary N) is 1. The van der Waals surface area contributed by atoms with Crippen LogP contribution in [0.2, 0.25) is 0 Å². The highest BCUT2D eigenvalue weighted by Gasteiger charge is 2.22. The van der Waals surface area contributed by atoms with Crippen LogP contribution >= 0.6 is 0 Å². The third-order valence-electron chi connectivity index (χ3n) is 2.75. The molecule has 1 amide bonds. The molecule has 20 heavy (non-hydrogen) atoms. The number of nitrogens with zero attached hydrogens (tertiary/aromatic N) is 2. The largest absolute Gasteiger partial charge is 0.480 e. The fourth-order valence-corrected chi connectivity index (χ4v) is 1.73. The smallest absolute Gasteiger partial charge is 0.326 e. The molecule has 1 aromatic heterocycles. The molecular weight excluding hydrogens is 258 g/mol. The Kier molecular flexibility index (Phi) is 5.21. The van der Waals surface area contributed by atoms with Crippen molar-refractivity contribution in [3.63, 3.8) is 0 Å². The standard InChI is InChI=1S/C14H17N3O3/c1-8(2)6-12(14(19)20)17-13(18)11-5-4-10(7-15)9(3)16-11/h4-5,8,12H,6H2,1-3H3,(H,17,18)(H,19,20)/t12-/m0/s1. The first-order valence-electron chi connectivity index (χ1n) is 6.26. The molecule has 0 aliphatic rings. The molecule has 0 spiro atoms. The van der Waals surface area contributed by atoms with Gasteiger partial charge in [-0.25, -0.2) is 9.78 Å². The Morgan fingerprint density at radius 2 is 2.10 bits per heavy atom. The summed E-state index contributed by atoms with van der Waals surface area (Å²) in [5.74, 6) is -1.48. The minimum absolute atomic E-state index is 0.108. The van der Waals surface area contributed by atoms with E-state index in [2.05, 4.69) is 10.3 Å². The zero-order valence-electron chi connectivity index (χ0n) is 11.7. The maximum atomic E-state index is 12.0. The Balaban J connectivity index is 2.87. The quantitative estimate of drug-likeness (QED) is 0.847. The molecule has 6 heteroatoms. The first-order chi connectivity index (χ1) is 9.35. The van der Waals surface area contributed by atoms with Crippen molar-refractivity contribution in [1.82, 2.24) is 10.3 Å². The van der Waals surface area contributed by atoms with Gasteiger partial charge in [-0.1, -0.05) is 13.8 Å². The molecule has 0 unspecified atom stereocenters. The van der Waals surface area contributed by atoms with Crippen molar-refractivity contribution < 1.29 is 14.7 Å². The molecule has 0 fully saturated rings. The number of carbonyl (C=O) groups excluding carboxylic acids is 1. The van der Waals surface area contributed by atoms with E-state index in [1.54, 1.807) is 6.92 Å². The molecule has 2 N–H and O–H groups in total. The van der Waals surface area contributed by atoms with Crippen molar-refractivity contribution in [2.75, 3.05) is 0 Å². The molecule has 1 rings (SSSR count). The predicted octanol–water partition coefficient (Wildman–Crippen LogP) is 1.49. The van der Waals surface area contributed by atoms with E-state index >= 15 is 0 Å². The van der Waals surface area contributed by atoms with Crippen LogP contribution in [0, 0.1) is 24.2 Å². The van der Waals surface area contributed by atoms with Crippen LogP contribution in [0.15, 0.2) is 12.1 Å². The summed E-state index contributed by atoms with van der Waals surface area (Å²) in [6.07, 6.45) is 0.344. The summed E-state index contributed by atoms with van der Waals surface area (Å²) in [7, 11) is 0. The average Bonchev–Trinajstić information content (AvgIpc) is 2.37. The summed E-state index contributed by atoms with van der Waals surface area (Å²) in [6.45, 7) is 5.39. The normalized spacial score (nSPS) is 11.8. The molecule has 0 aliphatic heterocycles. The SMILES string of the molecule is Cc1nc(C(=O)N[C@@H](CC(C)C)C(=O)O)ccc1C#N. The van der Waals surface area contributed by atoms with E-state index in [-0.39, 0.29) is 11.6 Å². The molecule has 0 bridgehead atoms. The Hall–Kier alpha value is -2.42. The van der Waals surface area contributed by atoms with Crippen molar-refractivity contribution >= 4 is 11.9 Å². The van der Waals surface area contributed by atoms with Crippen LogP contribution in [-0.2, 0) is 4.79 Å². The summed E-state index contributed by atoms with van der Waals surface area (Å²) >= 11 is 0. The number of carboxylic acid groups (broad SMARTS) is 1. The van der Waals surface area contributed by atoms with Crippen molar-refractivity contribution in [1.29, 1.82) is 5.26 Å². The number of pyridine rings is 1. The second-order valence-corrected chi connectivity index (χ2v) is 4.94. The van der Waals surface area contributed by atoms with Gasteiger partial charge in [0.15, 0.2) is 0 Å². The number of aryl methyl sites for hydroxylation is 1. The number of nitriles is 1. The number of carbonyl (C=O) groups is 2. The highest BCUT2D eigenvalue weighted by atomic mass is 16.4. The van der Waals surface area contributed by atoms with Crippen molar-refractivity contribution in [2.45, 2.75) is 33.2 Å². The molecule has 1 aromatic rings. The Morgan fingerprint density at radius 1 is 1.45 bits per heavy atom. The molecule has 1 heterocycles. The first-order valence-corrected chi connectivity index (χ1v) is 6.26. The van der Waals surface area contributed by atoms with E-state index < -0.39 is 17.9 Å². The maximum Gasteiger partial charge on any atom is 0.326 e. The summed E-state index contributed by atoms with van der Waals surface area (Å²) in [4.78, 5) is 27.1. The monoisotopic (exact) mass is 275 g/mol. The first kappa shape index (κ1) is 15.6. The van der Waals surface area contributed by atoms with Crippen molar-refractivity contribution in [3.8, 4) is 6.07 Å². The second-order valence-electron chi connectivity index (χ2n) is 4.94. The van der Waals surface area contributed by atoms with Gasteiger partial charge in [0.2, 0.25) is 0 Å². The molecule has 0 saturated carbocycles. The van der Waals surface area contributed by atoms with E-state index in [0.29, 0.717) is 17.7 Å². The van der Waals surface area contributed by atoms with Crippen LogP contribution in [0.25, 0.3) is 0 Å². The topological polar surface area (TPSA) is 103 Å². The van der Waals surface area contributed by atoms with E-state index in [9.17, 15) is 9.59 Å². The van der Waals surface area contributed by atoms with Gasteiger partial charge >= 0.3 is 5.97 Å². The van der Waals surface area contributed by atoms with Gasteiger partial charge in [-0.3, -0.25) is 4.79 Å². The van der Waals surface area contributed by atoms with Crippen molar-refractivity contribution in [3.05, 3.63) is 29.1 Å². The summed E-state index contributed by atoms with van der Waals surface area (Å²) in [5, 5.41) is 20.3. The van der Waals surface area contributed by atoms with E-state index in [1.165, 1.54) is 12.1 Å². The average molecular weight is 275 g/mol. The molecule has 1 atom stereocenters. The fourth-order valence-electron chi connectivity index (χ4n) is 1.73. The lowest BCUT2D eigenvalue weighted by atomic mass is 10.0. The second kappa shape index (κ2) is 6.66. The van der Waals surface area contributed by atoms with Crippen LogP contribution in [0.1, 0.15) is 42.0 Å². The maximum absolute atomic E-state index is 12.0. The number of aliphatic carboxylic acids is 1. The highest BCUT2D eigenvalue weighted by Crippen LogP contribution is 2.08. The number of amides is 1. The minimum atomic E-state index is -1.07. The number of aromatic nitrogens is 1. The Bertz CT molecular complexity index is 561. The third-order valence-corrected chi connectivity index (χ3v) is 2.75. The fraction of sp³-hybridized carbons (Fsp3) is 0.429. The summed E-state index contributed by atoms with van der Waals surface area (Å²) in [5.41, 5.74) is 0.936. The van der Waals surface area contributed by atoms with E-state index in [0.717, 1.165) is 0 Å². The lowest BCUT2D eigenvalue weighted by Crippen LogP contribution is -2.42. The zero-order valence-corrected chi connectivity index (χ0v) is 11.7. The van der Waals surface area contributed by atoms with Gasteiger partial charge in [0.1, 0.15) is 17.8 Å². The van der Waals surface area contributed by atoms with Crippen LogP contribution in [0.3, 0.4) is 0 Å². The molecule has 0 aliphatic carbocycles. The Morgan fingerprint density at radius 3 is 2.55 bits per heavy atom. The molecule has 0 aromatic carbocycles. The van der Waals surface area contributed by atoms with Crippen molar-refractivity contribution in [2.24, 2.45) is 5.92 Å². The minimum Gasteiger partial charge on any atom is -0.480 e. The molecule has 6 nitrogen and oxygen atoms in total.